The molecule has 1 amide bonds. The van der Waals surface area contributed by atoms with Crippen LogP contribution in [0.25, 0.3) is 10.8 Å². The molecule has 1 saturated heterocycles. The fourth-order valence-corrected chi connectivity index (χ4v) is 3.52. The van der Waals surface area contributed by atoms with Gasteiger partial charge in [-0.3, -0.25) is 4.79 Å². The van der Waals surface area contributed by atoms with Crippen molar-refractivity contribution in [2.45, 2.75) is 12.8 Å². The summed E-state index contributed by atoms with van der Waals surface area (Å²) in [6, 6.07) is 14.1. The molecular formula is C17H18BrNO. The number of carbonyl (C=O) groups is 1. The lowest BCUT2D eigenvalue weighted by Crippen LogP contribution is -2.38. The summed E-state index contributed by atoms with van der Waals surface area (Å²) in [6.45, 7) is 1.75. The van der Waals surface area contributed by atoms with E-state index < -0.39 is 0 Å². The number of alkyl halides is 1. The van der Waals surface area contributed by atoms with Gasteiger partial charge < -0.3 is 4.90 Å². The topological polar surface area (TPSA) is 20.3 Å². The number of hydrogen-bond acceptors (Lipinski definition) is 1. The van der Waals surface area contributed by atoms with Gasteiger partial charge in [0.05, 0.1) is 0 Å². The maximum absolute atomic E-state index is 12.7. The molecule has 0 aliphatic carbocycles. The molecule has 2 nitrogen and oxygen atoms in total. The number of halogens is 1. The van der Waals surface area contributed by atoms with Crippen molar-refractivity contribution < 1.29 is 4.79 Å². The van der Waals surface area contributed by atoms with Gasteiger partial charge >= 0.3 is 0 Å². The van der Waals surface area contributed by atoms with Crippen LogP contribution in [-0.4, -0.2) is 29.2 Å². The van der Waals surface area contributed by atoms with Crippen LogP contribution >= 0.6 is 15.9 Å². The summed E-state index contributed by atoms with van der Waals surface area (Å²) < 4.78 is 0. The Morgan fingerprint density at radius 3 is 2.55 bits per heavy atom. The molecule has 0 spiro atoms. The van der Waals surface area contributed by atoms with E-state index in [1.165, 1.54) is 0 Å². The molecular weight excluding hydrogens is 314 g/mol. The highest BCUT2D eigenvalue weighted by Gasteiger charge is 2.23. The summed E-state index contributed by atoms with van der Waals surface area (Å²) in [7, 11) is 0. The molecule has 0 aromatic heterocycles. The molecule has 0 N–H and O–H groups in total. The largest absolute Gasteiger partial charge is 0.339 e. The quantitative estimate of drug-likeness (QED) is 0.759. The second kappa shape index (κ2) is 5.96. The first kappa shape index (κ1) is 13.6. The molecule has 104 valence electrons. The zero-order valence-corrected chi connectivity index (χ0v) is 13.0. The molecule has 0 radical (unpaired) electrons. The Labute approximate surface area is 127 Å². The summed E-state index contributed by atoms with van der Waals surface area (Å²) in [5.41, 5.74) is 0.834. The maximum atomic E-state index is 12.7. The van der Waals surface area contributed by atoms with Gasteiger partial charge in [0.15, 0.2) is 0 Å². The molecule has 0 saturated carbocycles. The van der Waals surface area contributed by atoms with Gasteiger partial charge in [-0.2, -0.15) is 0 Å². The van der Waals surface area contributed by atoms with Crippen molar-refractivity contribution in [2.24, 2.45) is 5.92 Å². The second-order valence-corrected chi connectivity index (χ2v) is 6.06. The molecule has 0 atom stereocenters. The van der Waals surface area contributed by atoms with E-state index in [1.807, 2.05) is 35.2 Å². The molecule has 20 heavy (non-hydrogen) atoms. The van der Waals surface area contributed by atoms with Crippen LogP contribution in [0.2, 0.25) is 0 Å². The number of hydrogen-bond donors (Lipinski definition) is 0. The number of carbonyl (C=O) groups excluding carboxylic acids is 1. The Hall–Kier alpha value is -1.35. The molecule has 0 bridgehead atoms. The van der Waals surface area contributed by atoms with Gasteiger partial charge in [0, 0.05) is 24.0 Å². The van der Waals surface area contributed by atoms with Crippen molar-refractivity contribution in [1.29, 1.82) is 0 Å². The van der Waals surface area contributed by atoms with E-state index in [9.17, 15) is 4.79 Å². The zero-order valence-electron chi connectivity index (χ0n) is 11.4. The van der Waals surface area contributed by atoms with E-state index in [0.717, 1.165) is 47.6 Å². The van der Waals surface area contributed by atoms with E-state index in [1.54, 1.807) is 0 Å². The van der Waals surface area contributed by atoms with Gasteiger partial charge in [-0.1, -0.05) is 52.3 Å². The number of nitrogens with zero attached hydrogens (tertiary/aromatic N) is 1. The van der Waals surface area contributed by atoms with Crippen molar-refractivity contribution in [2.75, 3.05) is 18.4 Å². The normalized spacial score (nSPS) is 16.6. The highest BCUT2D eigenvalue weighted by molar-refractivity contribution is 9.09. The van der Waals surface area contributed by atoms with Gasteiger partial charge in [0.2, 0.25) is 0 Å². The number of piperidine rings is 1. The minimum atomic E-state index is 0.176. The molecule has 1 aliphatic rings. The summed E-state index contributed by atoms with van der Waals surface area (Å²) >= 11 is 3.54. The van der Waals surface area contributed by atoms with Gasteiger partial charge in [-0.25, -0.2) is 0 Å². The van der Waals surface area contributed by atoms with Crippen molar-refractivity contribution >= 4 is 32.6 Å². The Bertz CT molecular complexity index is 612. The average Bonchev–Trinajstić information content (AvgIpc) is 2.54. The molecule has 2 aromatic carbocycles. The smallest absolute Gasteiger partial charge is 0.254 e. The highest BCUT2D eigenvalue weighted by Crippen LogP contribution is 2.24. The van der Waals surface area contributed by atoms with Crippen molar-refractivity contribution in [1.82, 2.24) is 4.90 Å². The van der Waals surface area contributed by atoms with Crippen LogP contribution in [0.3, 0.4) is 0 Å². The lowest BCUT2D eigenvalue weighted by Gasteiger charge is -2.31. The van der Waals surface area contributed by atoms with Crippen molar-refractivity contribution in [3.05, 3.63) is 48.0 Å². The van der Waals surface area contributed by atoms with E-state index >= 15 is 0 Å². The summed E-state index contributed by atoms with van der Waals surface area (Å²) in [6.07, 6.45) is 2.20. The van der Waals surface area contributed by atoms with E-state index in [2.05, 4.69) is 28.1 Å². The van der Waals surface area contributed by atoms with Gasteiger partial charge in [0.25, 0.3) is 5.91 Å². The standard InChI is InChI=1S/C17H18BrNO/c18-12-13-8-10-19(11-9-13)17(20)16-7-3-5-14-4-1-2-6-15(14)16/h1-7,13H,8-12H2. The first-order chi connectivity index (χ1) is 9.79. The van der Waals surface area contributed by atoms with Crippen LogP contribution in [0.15, 0.2) is 42.5 Å². The minimum absolute atomic E-state index is 0.176. The van der Waals surface area contributed by atoms with Crippen LogP contribution in [0, 0.1) is 5.92 Å². The summed E-state index contributed by atoms with van der Waals surface area (Å²) in [5, 5.41) is 3.24. The fourth-order valence-electron chi connectivity index (χ4n) is 2.87. The van der Waals surface area contributed by atoms with Crippen molar-refractivity contribution in [3.8, 4) is 0 Å². The molecule has 0 unspecified atom stereocenters. The molecule has 1 aliphatic heterocycles. The monoisotopic (exact) mass is 331 g/mol. The summed E-state index contributed by atoms with van der Waals surface area (Å²) in [5.74, 6) is 0.890. The number of rotatable bonds is 2. The first-order valence-corrected chi connectivity index (χ1v) is 8.25. The fraction of sp³-hybridized carbons (Fsp3) is 0.353. The number of benzene rings is 2. The van der Waals surface area contributed by atoms with Gasteiger partial charge in [-0.15, -0.1) is 0 Å². The van der Waals surface area contributed by atoms with Crippen LogP contribution in [-0.2, 0) is 0 Å². The molecule has 1 fully saturated rings. The molecule has 1 heterocycles. The van der Waals surface area contributed by atoms with Gasteiger partial charge in [-0.05, 0) is 35.6 Å². The first-order valence-electron chi connectivity index (χ1n) is 7.12. The van der Waals surface area contributed by atoms with E-state index in [0.29, 0.717) is 5.92 Å². The number of likely N-dealkylation sites (tertiary alicyclic amines) is 1. The van der Waals surface area contributed by atoms with Crippen LogP contribution in [0.4, 0.5) is 0 Å². The lowest BCUT2D eigenvalue weighted by molar-refractivity contribution is 0.0701. The van der Waals surface area contributed by atoms with Crippen LogP contribution < -0.4 is 0 Å². The maximum Gasteiger partial charge on any atom is 0.254 e. The van der Waals surface area contributed by atoms with Crippen LogP contribution in [0.5, 0.6) is 0 Å². The lowest BCUT2D eigenvalue weighted by atomic mass is 9.97. The average molecular weight is 332 g/mol. The third kappa shape index (κ3) is 2.59. The molecule has 2 aromatic rings. The second-order valence-electron chi connectivity index (χ2n) is 5.42. The molecule has 3 rings (SSSR count). The number of fused-ring (bicyclic) bond motifs is 1. The minimum Gasteiger partial charge on any atom is -0.339 e. The Morgan fingerprint density at radius 1 is 1.10 bits per heavy atom. The Morgan fingerprint density at radius 2 is 1.80 bits per heavy atom. The zero-order chi connectivity index (χ0) is 13.9. The summed E-state index contributed by atoms with van der Waals surface area (Å²) in [4.78, 5) is 14.7. The van der Waals surface area contributed by atoms with E-state index in [4.69, 9.17) is 0 Å². The number of amides is 1. The third-order valence-corrected chi connectivity index (χ3v) is 5.06. The SMILES string of the molecule is O=C(c1cccc2ccccc12)N1CCC(CBr)CC1. The van der Waals surface area contributed by atoms with Crippen LogP contribution in [0.1, 0.15) is 23.2 Å². The Balaban J connectivity index is 1.86. The van der Waals surface area contributed by atoms with Gasteiger partial charge in [0.1, 0.15) is 0 Å². The predicted molar refractivity (Wildman–Crippen MR) is 86.4 cm³/mol. The predicted octanol–water partition coefficient (Wildman–Crippen LogP) is 4.09. The highest BCUT2D eigenvalue weighted by atomic mass is 79.9. The third-order valence-electron chi connectivity index (χ3n) is 4.14. The van der Waals surface area contributed by atoms with Crippen molar-refractivity contribution in [3.63, 3.8) is 0 Å². The Kier molecular flexibility index (Phi) is 4.06. The molecule has 3 heteroatoms. The van der Waals surface area contributed by atoms with E-state index in [-0.39, 0.29) is 5.91 Å².